The second-order valence-corrected chi connectivity index (χ2v) is 3.70. The van der Waals surface area contributed by atoms with Gasteiger partial charge < -0.3 is 4.74 Å². The Hall–Kier alpha value is -1.40. The Labute approximate surface area is 101 Å². The van der Waals surface area contributed by atoms with Crippen LogP contribution in [0.4, 0.5) is 23.2 Å². The van der Waals surface area contributed by atoms with E-state index in [1.54, 1.807) is 0 Å². The first-order valence-electron chi connectivity index (χ1n) is 4.10. The molecule has 0 saturated carbocycles. The van der Waals surface area contributed by atoms with Crippen molar-refractivity contribution in [3.05, 3.63) is 22.4 Å². The van der Waals surface area contributed by atoms with E-state index in [4.69, 9.17) is 0 Å². The van der Waals surface area contributed by atoms with E-state index in [-0.39, 0.29) is 15.9 Å². The van der Waals surface area contributed by atoms with Gasteiger partial charge in [-0.25, -0.2) is 9.18 Å². The smallest absolute Gasteiger partial charge is 0.422 e. The van der Waals surface area contributed by atoms with E-state index in [1.807, 2.05) is 0 Å². The zero-order valence-electron chi connectivity index (χ0n) is 8.02. The number of hydrogen-bond acceptors (Lipinski definition) is 3. The van der Waals surface area contributed by atoms with Crippen LogP contribution >= 0.6 is 15.9 Å². The number of alkyl halides is 3. The fraction of sp³-hybridized carbons (Fsp3) is 0.222. The highest BCUT2D eigenvalue weighted by Gasteiger charge is 2.29. The molecule has 1 aromatic carbocycles. The third kappa shape index (κ3) is 4.16. The predicted octanol–water partition coefficient (Wildman–Crippen LogP) is 3.50. The van der Waals surface area contributed by atoms with Gasteiger partial charge >= 0.3 is 6.18 Å². The molecule has 0 atom stereocenters. The predicted molar refractivity (Wildman–Crippen MR) is 53.4 cm³/mol. The lowest BCUT2D eigenvalue weighted by molar-refractivity contribution is -0.153. The van der Waals surface area contributed by atoms with E-state index in [2.05, 4.69) is 25.7 Å². The molecule has 0 unspecified atom stereocenters. The summed E-state index contributed by atoms with van der Waals surface area (Å²) in [5, 5.41) is 0. The van der Waals surface area contributed by atoms with Crippen LogP contribution in [0.2, 0.25) is 0 Å². The molecule has 0 aromatic heterocycles. The maximum Gasteiger partial charge on any atom is 0.422 e. The highest BCUT2D eigenvalue weighted by atomic mass is 79.9. The summed E-state index contributed by atoms with van der Waals surface area (Å²) in [6.45, 7) is -1.56. The minimum atomic E-state index is -4.54. The molecule has 0 spiro atoms. The molecule has 0 radical (unpaired) electrons. The van der Waals surface area contributed by atoms with Crippen molar-refractivity contribution in [3.8, 4) is 5.75 Å². The number of carbonyl (C=O) groups excluding carboxylic acids is 1. The van der Waals surface area contributed by atoms with Crippen LogP contribution in [0.15, 0.2) is 21.6 Å². The Balaban J connectivity index is 3.04. The Bertz CT molecular complexity index is 469. The van der Waals surface area contributed by atoms with Crippen molar-refractivity contribution in [3.63, 3.8) is 0 Å². The molecule has 0 aliphatic carbocycles. The second-order valence-electron chi connectivity index (χ2n) is 2.84. The number of halogens is 5. The molecule has 0 N–H and O–H groups in total. The van der Waals surface area contributed by atoms with Crippen LogP contribution in [0.3, 0.4) is 0 Å². The van der Waals surface area contributed by atoms with Gasteiger partial charge in [-0.05, 0) is 22.0 Å². The van der Waals surface area contributed by atoms with Crippen LogP contribution < -0.4 is 4.74 Å². The van der Waals surface area contributed by atoms with Gasteiger partial charge in [-0.1, -0.05) is 0 Å². The summed E-state index contributed by atoms with van der Waals surface area (Å²) in [7, 11) is 0. The fourth-order valence-electron chi connectivity index (χ4n) is 0.930. The number of aliphatic imine (C=N–C) groups is 1. The van der Waals surface area contributed by atoms with Gasteiger partial charge in [0, 0.05) is 6.07 Å². The number of isocyanates is 1. The first-order valence-corrected chi connectivity index (χ1v) is 4.89. The molecule has 1 aromatic rings. The van der Waals surface area contributed by atoms with E-state index in [9.17, 15) is 22.4 Å². The molecular formula is C9H4BrF4NO2. The molecule has 8 heteroatoms. The highest BCUT2D eigenvalue weighted by Crippen LogP contribution is 2.33. The van der Waals surface area contributed by atoms with Crippen LogP contribution in [0.25, 0.3) is 0 Å². The van der Waals surface area contributed by atoms with E-state index < -0.39 is 18.6 Å². The quantitative estimate of drug-likeness (QED) is 0.487. The van der Waals surface area contributed by atoms with Crippen LogP contribution in [0, 0.1) is 5.82 Å². The molecule has 0 fully saturated rings. The Morgan fingerprint density at radius 2 is 2.06 bits per heavy atom. The second kappa shape index (κ2) is 5.29. The zero-order chi connectivity index (χ0) is 13.1. The summed E-state index contributed by atoms with van der Waals surface area (Å²) in [4.78, 5) is 13.1. The normalized spacial score (nSPS) is 10.9. The lowest BCUT2D eigenvalue weighted by Crippen LogP contribution is -2.19. The molecule has 0 heterocycles. The first kappa shape index (κ1) is 13.7. The highest BCUT2D eigenvalue weighted by molar-refractivity contribution is 9.10. The molecule has 0 aliphatic rings. The summed E-state index contributed by atoms with van der Waals surface area (Å²) in [6, 6.07) is 1.72. The van der Waals surface area contributed by atoms with Crippen molar-refractivity contribution < 1.29 is 27.1 Å². The van der Waals surface area contributed by atoms with Crippen molar-refractivity contribution in [1.82, 2.24) is 0 Å². The largest absolute Gasteiger partial charge is 0.482 e. The van der Waals surface area contributed by atoms with Crippen LogP contribution in [-0.4, -0.2) is 18.9 Å². The average molecular weight is 314 g/mol. The summed E-state index contributed by atoms with van der Waals surface area (Å²) in [5.41, 5.74) is -0.357. The van der Waals surface area contributed by atoms with E-state index in [0.29, 0.717) is 0 Å². The topological polar surface area (TPSA) is 38.7 Å². The molecule has 0 aliphatic heterocycles. The summed E-state index contributed by atoms with van der Waals surface area (Å²) < 4.78 is 53.1. The Morgan fingerprint density at radius 1 is 1.41 bits per heavy atom. The molecule has 17 heavy (non-hydrogen) atoms. The SMILES string of the molecule is O=C=Nc1cc(F)c(Br)cc1OCC(F)(F)F. The number of benzene rings is 1. The zero-order valence-corrected chi connectivity index (χ0v) is 9.60. The van der Waals surface area contributed by atoms with E-state index in [1.165, 1.54) is 0 Å². The van der Waals surface area contributed by atoms with Gasteiger partial charge in [-0.15, -0.1) is 0 Å². The minimum absolute atomic E-state index is 0.0977. The summed E-state index contributed by atoms with van der Waals surface area (Å²) in [6.07, 6.45) is -3.44. The molecule has 0 amide bonds. The van der Waals surface area contributed by atoms with Crippen LogP contribution in [0.1, 0.15) is 0 Å². The van der Waals surface area contributed by atoms with Crippen molar-refractivity contribution in [2.24, 2.45) is 4.99 Å². The van der Waals surface area contributed by atoms with Crippen LogP contribution in [-0.2, 0) is 4.79 Å². The van der Waals surface area contributed by atoms with Crippen molar-refractivity contribution in [2.45, 2.75) is 6.18 Å². The fourth-order valence-corrected chi connectivity index (χ4v) is 1.25. The molecule has 3 nitrogen and oxygen atoms in total. The number of ether oxygens (including phenoxy) is 1. The van der Waals surface area contributed by atoms with Gasteiger partial charge in [0.15, 0.2) is 6.61 Å². The van der Waals surface area contributed by atoms with Crippen molar-refractivity contribution in [2.75, 3.05) is 6.61 Å². The maximum absolute atomic E-state index is 13.0. The molecular weight excluding hydrogens is 310 g/mol. The molecule has 0 bridgehead atoms. The summed E-state index contributed by atoms with van der Waals surface area (Å²) in [5.74, 6) is -1.14. The van der Waals surface area contributed by atoms with Gasteiger partial charge in [0.25, 0.3) is 0 Å². The molecule has 1 rings (SSSR count). The maximum atomic E-state index is 13.0. The monoisotopic (exact) mass is 313 g/mol. The Morgan fingerprint density at radius 3 is 2.59 bits per heavy atom. The van der Waals surface area contributed by atoms with Crippen molar-refractivity contribution in [1.29, 1.82) is 0 Å². The Kier molecular flexibility index (Phi) is 4.25. The van der Waals surface area contributed by atoms with Gasteiger partial charge in [-0.2, -0.15) is 18.2 Å². The molecule has 0 saturated heterocycles. The van der Waals surface area contributed by atoms with Crippen molar-refractivity contribution >= 4 is 27.7 Å². The van der Waals surface area contributed by atoms with Crippen LogP contribution in [0.5, 0.6) is 5.75 Å². The number of rotatable bonds is 3. The lowest BCUT2D eigenvalue weighted by atomic mass is 10.3. The number of hydrogen-bond donors (Lipinski definition) is 0. The third-order valence-corrected chi connectivity index (χ3v) is 2.17. The third-order valence-electron chi connectivity index (χ3n) is 1.56. The number of nitrogens with zero attached hydrogens (tertiary/aromatic N) is 1. The first-order chi connectivity index (χ1) is 7.83. The van der Waals surface area contributed by atoms with Gasteiger partial charge in [0.05, 0.1) is 4.47 Å². The van der Waals surface area contributed by atoms with Gasteiger partial charge in [-0.3, -0.25) is 0 Å². The molecule has 92 valence electrons. The van der Waals surface area contributed by atoms with E-state index >= 15 is 0 Å². The standard InChI is InChI=1S/C9H4BrF4NO2/c10-5-1-8(17-3-9(12,13)14)7(15-4-16)2-6(5)11/h1-2H,3H2. The van der Waals surface area contributed by atoms with Gasteiger partial charge in [0.1, 0.15) is 17.3 Å². The minimum Gasteiger partial charge on any atom is -0.482 e. The summed E-state index contributed by atoms with van der Waals surface area (Å²) >= 11 is 2.78. The van der Waals surface area contributed by atoms with E-state index in [0.717, 1.165) is 18.2 Å². The lowest BCUT2D eigenvalue weighted by Gasteiger charge is -2.11. The van der Waals surface area contributed by atoms with Gasteiger partial charge in [0.2, 0.25) is 6.08 Å². The average Bonchev–Trinajstić information content (AvgIpc) is 2.20.